The molecule has 0 heterocycles. The Bertz CT molecular complexity index is 733. The Morgan fingerprint density at radius 1 is 1.29 bits per heavy atom. The number of hydroxylamine groups is 1. The standard InChI is InChI=1S/C18H20INO4/c1-4-13-8-9-17(12(2)10-13)24-11-14-15(19)6-5-7-16(14)20(22)18(21)23-3/h5-10,22H,4,11H2,1-3H3. The Kier molecular flexibility index (Phi) is 6.44. The summed E-state index contributed by atoms with van der Waals surface area (Å²) in [6.07, 6.45) is 0.127. The highest BCUT2D eigenvalue weighted by molar-refractivity contribution is 14.1. The van der Waals surface area contributed by atoms with E-state index in [0.717, 1.165) is 21.3 Å². The van der Waals surface area contributed by atoms with Gasteiger partial charge in [0.25, 0.3) is 0 Å². The molecule has 2 aromatic carbocycles. The molecule has 2 aromatic rings. The lowest BCUT2D eigenvalue weighted by Gasteiger charge is -2.19. The molecular formula is C18H20INO4. The first-order valence-electron chi connectivity index (χ1n) is 7.54. The van der Waals surface area contributed by atoms with Crippen molar-refractivity contribution >= 4 is 34.4 Å². The van der Waals surface area contributed by atoms with Crippen molar-refractivity contribution in [1.82, 2.24) is 0 Å². The first kappa shape index (κ1) is 18.5. The summed E-state index contributed by atoms with van der Waals surface area (Å²) in [4.78, 5) is 11.6. The number of carbonyl (C=O) groups is 1. The van der Waals surface area contributed by atoms with E-state index in [-0.39, 0.29) is 6.61 Å². The maximum Gasteiger partial charge on any atom is 0.438 e. The fourth-order valence-corrected chi connectivity index (χ4v) is 2.96. The highest BCUT2D eigenvalue weighted by atomic mass is 127. The summed E-state index contributed by atoms with van der Waals surface area (Å²) < 4.78 is 11.4. The molecule has 0 bridgehead atoms. The molecule has 0 aliphatic rings. The second-order valence-corrected chi connectivity index (χ2v) is 6.42. The molecule has 2 rings (SSSR count). The fraction of sp³-hybridized carbons (Fsp3) is 0.278. The number of halogens is 1. The number of methoxy groups -OCH3 is 1. The molecule has 0 saturated heterocycles. The Morgan fingerprint density at radius 3 is 2.67 bits per heavy atom. The molecule has 0 saturated carbocycles. The summed E-state index contributed by atoms with van der Waals surface area (Å²) in [5.41, 5.74) is 3.36. The van der Waals surface area contributed by atoms with E-state index < -0.39 is 6.09 Å². The first-order chi connectivity index (χ1) is 11.5. The number of aryl methyl sites for hydroxylation is 2. The number of nitrogens with zero attached hydrogens (tertiary/aromatic N) is 1. The van der Waals surface area contributed by atoms with Crippen LogP contribution in [0.3, 0.4) is 0 Å². The normalized spacial score (nSPS) is 10.4. The topological polar surface area (TPSA) is 59.0 Å². The van der Waals surface area contributed by atoms with Gasteiger partial charge in [0.15, 0.2) is 0 Å². The quantitative estimate of drug-likeness (QED) is 0.415. The van der Waals surface area contributed by atoms with Crippen LogP contribution in [0.25, 0.3) is 0 Å². The highest BCUT2D eigenvalue weighted by Gasteiger charge is 2.19. The Balaban J connectivity index is 2.25. The van der Waals surface area contributed by atoms with Gasteiger partial charge in [0, 0.05) is 9.13 Å². The van der Waals surface area contributed by atoms with Crippen LogP contribution < -0.4 is 9.80 Å². The SMILES string of the molecule is CCc1ccc(OCc2c(I)cccc2N(O)C(=O)OC)c(C)c1. The van der Waals surface area contributed by atoms with Crippen molar-refractivity contribution < 1.29 is 19.5 Å². The predicted molar refractivity (Wildman–Crippen MR) is 101 cm³/mol. The zero-order valence-electron chi connectivity index (χ0n) is 13.9. The van der Waals surface area contributed by atoms with E-state index in [0.29, 0.717) is 16.3 Å². The molecule has 128 valence electrons. The van der Waals surface area contributed by atoms with Crippen molar-refractivity contribution in [2.24, 2.45) is 0 Å². The van der Waals surface area contributed by atoms with E-state index in [1.165, 1.54) is 12.7 Å². The monoisotopic (exact) mass is 441 g/mol. The third-order valence-corrected chi connectivity index (χ3v) is 4.70. The predicted octanol–water partition coefficient (Wildman–Crippen LogP) is 4.70. The summed E-state index contributed by atoms with van der Waals surface area (Å²) >= 11 is 2.15. The lowest BCUT2D eigenvalue weighted by atomic mass is 10.1. The van der Waals surface area contributed by atoms with Crippen LogP contribution in [-0.2, 0) is 17.8 Å². The third-order valence-electron chi connectivity index (χ3n) is 3.69. The van der Waals surface area contributed by atoms with Gasteiger partial charge in [-0.15, -0.1) is 0 Å². The van der Waals surface area contributed by atoms with Crippen molar-refractivity contribution in [3.05, 3.63) is 56.7 Å². The summed E-state index contributed by atoms with van der Waals surface area (Å²) in [7, 11) is 1.22. The van der Waals surface area contributed by atoms with Crippen LogP contribution >= 0.6 is 22.6 Å². The van der Waals surface area contributed by atoms with E-state index in [2.05, 4.69) is 40.3 Å². The average molecular weight is 441 g/mol. The second kappa shape index (κ2) is 8.34. The van der Waals surface area contributed by atoms with Gasteiger partial charge in [-0.25, -0.2) is 4.79 Å². The summed E-state index contributed by atoms with van der Waals surface area (Å²) in [5.74, 6) is 0.778. The average Bonchev–Trinajstić information content (AvgIpc) is 2.59. The smallest absolute Gasteiger partial charge is 0.438 e. The van der Waals surface area contributed by atoms with Gasteiger partial charge >= 0.3 is 6.09 Å². The fourth-order valence-electron chi connectivity index (χ4n) is 2.32. The molecule has 0 radical (unpaired) electrons. The zero-order chi connectivity index (χ0) is 17.7. The molecule has 1 N–H and O–H groups in total. The number of hydrogen-bond donors (Lipinski definition) is 1. The molecule has 0 fully saturated rings. The maximum absolute atomic E-state index is 11.6. The molecule has 1 amide bonds. The third kappa shape index (κ3) is 4.18. The van der Waals surface area contributed by atoms with E-state index >= 15 is 0 Å². The van der Waals surface area contributed by atoms with Gasteiger partial charge in [-0.2, -0.15) is 5.06 Å². The van der Waals surface area contributed by atoms with Crippen LogP contribution in [0.2, 0.25) is 0 Å². The molecule has 0 unspecified atom stereocenters. The number of benzene rings is 2. The number of hydrogen-bond acceptors (Lipinski definition) is 4. The minimum Gasteiger partial charge on any atom is -0.489 e. The number of ether oxygens (including phenoxy) is 2. The molecule has 0 aromatic heterocycles. The van der Waals surface area contributed by atoms with Crippen LogP contribution in [0.1, 0.15) is 23.6 Å². The minimum atomic E-state index is -0.846. The number of carbonyl (C=O) groups excluding carboxylic acids is 1. The van der Waals surface area contributed by atoms with Crippen molar-refractivity contribution in [3.63, 3.8) is 0 Å². The Labute approximate surface area is 155 Å². The number of anilines is 1. The summed E-state index contributed by atoms with van der Waals surface area (Å²) in [6, 6.07) is 11.4. The largest absolute Gasteiger partial charge is 0.489 e. The Hall–Kier alpha value is -1.80. The molecule has 0 spiro atoms. The van der Waals surface area contributed by atoms with Gasteiger partial charge in [-0.1, -0.05) is 25.1 Å². The van der Waals surface area contributed by atoms with Gasteiger partial charge in [0.1, 0.15) is 12.4 Å². The van der Waals surface area contributed by atoms with E-state index in [4.69, 9.17) is 4.74 Å². The Morgan fingerprint density at radius 2 is 2.04 bits per heavy atom. The van der Waals surface area contributed by atoms with E-state index in [1.54, 1.807) is 12.1 Å². The summed E-state index contributed by atoms with van der Waals surface area (Å²) in [6.45, 7) is 4.34. The zero-order valence-corrected chi connectivity index (χ0v) is 16.0. The van der Waals surface area contributed by atoms with Crippen molar-refractivity contribution in [1.29, 1.82) is 0 Å². The van der Waals surface area contributed by atoms with Crippen molar-refractivity contribution in [2.75, 3.05) is 12.2 Å². The first-order valence-corrected chi connectivity index (χ1v) is 8.62. The lowest BCUT2D eigenvalue weighted by Crippen LogP contribution is -2.28. The van der Waals surface area contributed by atoms with Crippen LogP contribution in [-0.4, -0.2) is 18.4 Å². The molecule has 24 heavy (non-hydrogen) atoms. The molecule has 6 heteroatoms. The van der Waals surface area contributed by atoms with Crippen LogP contribution in [0, 0.1) is 10.5 Å². The lowest BCUT2D eigenvalue weighted by molar-refractivity contribution is 0.140. The second-order valence-electron chi connectivity index (χ2n) is 5.26. The van der Waals surface area contributed by atoms with Crippen molar-refractivity contribution in [3.8, 4) is 5.75 Å². The van der Waals surface area contributed by atoms with Crippen LogP contribution in [0.4, 0.5) is 10.5 Å². The number of amides is 1. The number of rotatable bonds is 5. The molecule has 0 aliphatic carbocycles. The van der Waals surface area contributed by atoms with Gasteiger partial charge in [0.05, 0.1) is 12.8 Å². The van der Waals surface area contributed by atoms with Gasteiger partial charge in [-0.05, 0) is 65.3 Å². The molecule has 0 aliphatic heterocycles. The van der Waals surface area contributed by atoms with E-state index in [1.807, 2.05) is 25.1 Å². The van der Waals surface area contributed by atoms with Gasteiger partial charge in [0.2, 0.25) is 0 Å². The van der Waals surface area contributed by atoms with Crippen LogP contribution in [0.5, 0.6) is 5.75 Å². The molecule has 5 nitrogen and oxygen atoms in total. The molecule has 0 atom stereocenters. The van der Waals surface area contributed by atoms with E-state index in [9.17, 15) is 10.0 Å². The molecular weight excluding hydrogens is 421 g/mol. The van der Waals surface area contributed by atoms with Crippen molar-refractivity contribution in [2.45, 2.75) is 26.9 Å². The van der Waals surface area contributed by atoms with Gasteiger partial charge < -0.3 is 9.47 Å². The minimum absolute atomic E-state index is 0.231. The van der Waals surface area contributed by atoms with Crippen LogP contribution in [0.15, 0.2) is 36.4 Å². The van der Waals surface area contributed by atoms with Gasteiger partial charge in [-0.3, -0.25) is 5.21 Å². The maximum atomic E-state index is 11.6. The summed E-state index contributed by atoms with van der Waals surface area (Å²) in [5, 5.41) is 10.5. The highest BCUT2D eigenvalue weighted by Crippen LogP contribution is 2.28.